The van der Waals surface area contributed by atoms with Gasteiger partial charge in [-0.05, 0) is 49.3 Å². The molecule has 1 aliphatic heterocycles. The molecule has 0 amide bonds. The van der Waals surface area contributed by atoms with Crippen LogP contribution in [0.5, 0.6) is 11.5 Å². The van der Waals surface area contributed by atoms with Crippen LogP contribution < -0.4 is 14.8 Å². The largest absolute Gasteiger partial charge is 0.493 e. The molecule has 6 heteroatoms. The quantitative estimate of drug-likeness (QED) is 0.601. The summed E-state index contributed by atoms with van der Waals surface area (Å²) in [6.07, 6.45) is 1.05. The first-order chi connectivity index (χ1) is 14.1. The van der Waals surface area contributed by atoms with Crippen molar-refractivity contribution in [3.05, 3.63) is 59.2 Å². The van der Waals surface area contributed by atoms with E-state index >= 15 is 0 Å². The average Bonchev–Trinajstić information content (AvgIpc) is 2.75. The Morgan fingerprint density at radius 2 is 1.83 bits per heavy atom. The molecule has 0 spiro atoms. The van der Waals surface area contributed by atoms with Gasteiger partial charge >= 0.3 is 0 Å². The molecule has 1 unspecified atom stereocenters. The molecule has 29 heavy (non-hydrogen) atoms. The molecule has 1 atom stereocenters. The van der Waals surface area contributed by atoms with Gasteiger partial charge in [-0.15, -0.1) is 0 Å². The van der Waals surface area contributed by atoms with E-state index in [2.05, 4.69) is 64.5 Å². The van der Waals surface area contributed by atoms with Crippen LogP contribution in [0, 0.1) is 0 Å². The topological polar surface area (TPSA) is 49.3 Å². The standard InChI is InChI=1S/C23H32N4O2/c1-24-23(27-13-12-17-8-6-7-9-19(17)16-27)25-15-20(26(2)3)18-10-11-21(28-4)22(14-18)29-5/h6-11,14,20H,12-13,15-16H2,1-5H3,(H,24,25). The number of likely N-dealkylation sites (N-methyl/N-ethyl adjacent to an activating group) is 1. The van der Waals surface area contributed by atoms with Crippen molar-refractivity contribution in [3.8, 4) is 11.5 Å². The third-order valence-corrected chi connectivity index (χ3v) is 5.51. The fourth-order valence-corrected chi connectivity index (χ4v) is 3.86. The zero-order valence-corrected chi connectivity index (χ0v) is 18.1. The Kier molecular flexibility index (Phi) is 6.99. The number of aliphatic imine (C=N–C) groups is 1. The second kappa shape index (κ2) is 9.65. The van der Waals surface area contributed by atoms with Crippen LogP contribution in [-0.2, 0) is 13.0 Å². The number of nitrogens with zero attached hydrogens (tertiary/aromatic N) is 3. The highest BCUT2D eigenvalue weighted by Crippen LogP contribution is 2.31. The summed E-state index contributed by atoms with van der Waals surface area (Å²) in [6.45, 7) is 2.60. The van der Waals surface area contributed by atoms with Crippen molar-refractivity contribution in [2.24, 2.45) is 4.99 Å². The molecule has 0 saturated carbocycles. The predicted molar refractivity (Wildman–Crippen MR) is 118 cm³/mol. The number of rotatable bonds is 6. The maximum atomic E-state index is 5.49. The number of fused-ring (bicyclic) bond motifs is 1. The lowest BCUT2D eigenvalue weighted by Gasteiger charge is -2.33. The van der Waals surface area contributed by atoms with Crippen LogP contribution in [0.2, 0.25) is 0 Å². The minimum atomic E-state index is 0.170. The Morgan fingerprint density at radius 1 is 1.10 bits per heavy atom. The highest BCUT2D eigenvalue weighted by Gasteiger charge is 2.21. The molecule has 6 nitrogen and oxygen atoms in total. The Balaban J connectivity index is 1.71. The summed E-state index contributed by atoms with van der Waals surface area (Å²) < 4.78 is 10.9. The van der Waals surface area contributed by atoms with E-state index in [1.165, 1.54) is 16.7 Å². The van der Waals surface area contributed by atoms with Gasteiger partial charge < -0.3 is 24.6 Å². The lowest BCUT2D eigenvalue weighted by molar-refractivity contribution is 0.290. The van der Waals surface area contributed by atoms with Crippen molar-refractivity contribution in [2.75, 3.05) is 48.5 Å². The molecule has 0 bridgehead atoms. The fourth-order valence-electron chi connectivity index (χ4n) is 3.86. The molecule has 0 aromatic heterocycles. The van der Waals surface area contributed by atoms with E-state index in [9.17, 15) is 0 Å². The Bertz CT molecular complexity index is 851. The van der Waals surface area contributed by atoms with Crippen molar-refractivity contribution in [2.45, 2.75) is 19.0 Å². The van der Waals surface area contributed by atoms with E-state index in [1.54, 1.807) is 14.2 Å². The second-order valence-electron chi connectivity index (χ2n) is 7.46. The summed E-state index contributed by atoms with van der Waals surface area (Å²) in [5, 5.41) is 3.58. The Hall–Kier alpha value is -2.73. The summed E-state index contributed by atoms with van der Waals surface area (Å²) in [4.78, 5) is 9.06. The fraction of sp³-hybridized carbons (Fsp3) is 0.435. The van der Waals surface area contributed by atoms with Crippen LogP contribution in [0.4, 0.5) is 0 Å². The van der Waals surface area contributed by atoms with Crippen molar-refractivity contribution in [1.82, 2.24) is 15.1 Å². The maximum absolute atomic E-state index is 5.49. The number of nitrogens with one attached hydrogen (secondary N) is 1. The van der Waals surface area contributed by atoms with E-state index in [4.69, 9.17) is 9.47 Å². The van der Waals surface area contributed by atoms with Gasteiger partial charge in [0.2, 0.25) is 0 Å². The van der Waals surface area contributed by atoms with Crippen LogP contribution in [0.25, 0.3) is 0 Å². The smallest absolute Gasteiger partial charge is 0.194 e. The number of guanidine groups is 1. The zero-order valence-electron chi connectivity index (χ0n) is 18.1. The van der Waals surface area contributed by atoms with Gasteiger partial charge in [-0.25, -0.2) is 0 Å². The third kappa shape index (κ3) is 4.82. The van der Waals surface area contributed by atoms with Gasteiger partial charge in [0.15, 0.2) is 17.5 Å². The van der Waals surface area contributed by atoms with Gasteiger partial charge in [0.05, 0.1) is 20.3 Å². The summed E-state index contributed by atoms with van der Waals surface area (Å²) in [5.41, 5.74) is 3.99. The molecule has 0 fully saturated rings. The van der Waals surface area contributed by atoms with E-state index in [1.807, 2.05) is 19.2 Å². The lowest BCUT2D eigenvalue weighted by Crippen LogP contribution is -2.46. The molecule has 1 aliphatic rings. The minimum Gasteiger partial charge on any atom is -0.493 e. The summed E-state index contributed by atoms with van der Waals surface area (Å²) in [5.74, 6) is 2.42. The first kappa shape index (κ1) is 21.0. The van der Waals surface area contributed by atoms with Gasteiger partial charge in [-0.1, -0.05) is 30.3 Å². The van der Waals surface area contributed by atoms with E-state index in [0.29, 0.717) is 0 Å². The van der Waals surface area contributed by atoms with Gasteiger partial charge in [0.1, 0.15) is 0 Å². The number of methoxy groups -OCH3 is 2. The molecule has 156 valence electrons. The van der Waals surface area contributed by atoms with Crippen LogP contribution >= 0.6 is 0 Å². The molecular formula is C23H32N4O2. The highest BCUT2D eigenvalue weighted by atomic mass is 16.5. The number of benzene rings is 2. The SMILES string of the molecule is CN=C(NCC(c1ccc(OC)c(OC)c1)N(C)C)N1CCc2ccccc2C1. The molecule has 2 aromatic carbocycles. The zero-order chi connectivity index (χ0) is 20.8. The summed E-state index contributed by atoms with van der Waals surface area (Å²) in [6, 6.07) is 14.9. The van der Waals surface area contributed by atoms with Crippen molar-refractivity contribution >= 4 is 5.96 Å². The highest BCUT2D eigenvalue weighted by molar-refractivity contribution is 5.80. The lowest BCUT2D eigenvalue weighted by atomic mass is 10.0. The molecule has 0 radical (unpaired) electrons. The maximum Gasteiger partial charge on any atom is 0.194 e. The van der Waals surface area contributed by atoms with Gasteiger partial charge in [-0.3, -0.25) is 4.99 Å². The monoisotopic (exact) mass is 396 g/mol. The molecule has 1 N–H and O–H groups in total. The van der Waals surface area contributed by atoms with Gasteiger partial charge in [0, 0.05) is 26.7 Å². The van der Waals surface area contributed by atoms with Crippen LogP contribution in [0.1, 0.15) is 22.7 Å². The first-order valence-corrected chi connectivity index (χ1v) is 9.98. The van der Waals surface area contributed by atoms with Gasteiger partial charge in [0.25, 0.3) is 0 Å². The molecule has 3 rings (SSSR count). The van der Waals surface area contributed by atoms with Crippen LogP contribution in [0.15, 0.2) is 47.5 Å². The summed E-state index contributed by atoms with van der Waals surface area (Å²) in [7, 11) is 9.35. The van der Waals surface area contributed by atoms with Crippen LogP contribution in [-0.4, -0.2) is 64.2 Å². The Morgan fingerprint density at radius 3 is 2.48 bits per heavy atom. The third-order valence-electron chi connectivity index (χ3n) is 5.51. The average molecular weight is 397 g/mol. The van der Waals surface area contributed by atoms with Crippen molar-refractivity contribution < 1.29 is 9.47 Å². The predicted octanol–water partition coefficient (Wildman–Crippen LogP) is 2.94. The molecule has 1 heterocycles. The van der Waals surface area contributed by atoms with Crippen LogP contribution in [0.3, 0.4) is 0 Å². The number of ether oxygens (including phenoxy) is 2. The van der Waals surface area contributed by atoms with E-state index < -0.39 is 0 Å². The van der Waals surface area contributed by atoms with Crippen molar-refractivity contribution in [3.63, 3.8) is 0 Å². The van der Waals surface area contributed by atoms with E-state index in [0.717, 1.165) is 43.5 Å². The van der Waals surface area contributed by atoms with Crippen molar-refractivity contribution in [1.29, 1.82) is 0 Å². The molecule has 0 aliphatic carbocycles. The number of hydrogen-bond acceptors (Lipinski definition) is 4. The molecule has 0 saturated heterocycles. The normalized spacial score (nSPS) is 15.1. The summed E-state index contributed by atoms with van der Waals surface area (Å²) >= 11 is 0. The molecular weight excluding hydrogens is 364 g/mol. The first-order valence-electron chi connectivity index (χ1n) is 9.98. The second-order valence-corrected chi connectivity index (χ2v) is 7.46. The molecule has 2 aromatic rings. The Labute approximate surface area is 174 Å². The van der Waals surface area contributed by atoms with E-state index in [-0.39, 0.29) is 6.04 Å². The minimum absolute atomic E-state index is 0.170. The van der Waals surface area contributed by atoms with Gasteiger partial charge in [-0.2, -0.15) is 0 Å². The number of hydrogen-bond donors (Lipinski definition) is 1.